The number of hydrogen-bond donors (Lipinski definition) is 0. The summed E-state index contributed by atoms with van der Waals surface area (Å²) in [6.45, 7) is 1.74. The van der Waals surface area contributed by atoms with Gasteiger partial charge >= 0.3 is 0 Å². The lowest BCUT2D eigenvalue weighted by Crippen LogP contribution is -2.12. The molecule has 0 saturated heterocycles. The van der Waals surface area contributed by atoms with E-state index in [0.29, 0.717) is 49.2 Å². The number of hydrogen-bond acceptors (Lipinski definition) is 5. The molecule has 5 nitrogen and oxygen atoms in total. The molecule has 0 heterocycles. The minimum atomic E-state index is 0.414. The molecular formula is C18H20O5. The standard InChI is InChI=1S/C18H20O5/c1-20-17-7-2-3-8-18(17)23-12-10-21-9-11-22-16-6-4-5-15(13-16)14-19/h2-8,13-14H,9-12H2,1H3. The zero-order valence-electron chi connectivity index (χ0n) is 13.1. The maximum absolute atomic E-state index is 10.7. The first-order valence-electron chi connectivity index (χ1n) is 7.35. The van der Waals surface area contributed by atoms with E-state index in [1.54, 1.807) is 31.4 Å². The van der Waals surface area contributed by atoms with Crippen LogP contribution in [0.4, 0.5) is 0 Å². The molecule has 0 aromatic heterocycles. The Balaban J connectivity index is 1.60. The predicted octanol–water partition coefficient (Wildman–Crippen LogP) is 2.98. The number of para-hydroxylation sites is 2. The quantitative estimate of drug-likeness (QED) is 0.498. The molecule has 0 aliphatic heterocycles. The highest BCUT2D eigenvalue weighted by Gasteiger charge is 2.02. The first kappa shape index (κ1) is 16.8. The number of methoxy groups -OCH3 is 1. The van der Waals surface area contributed by atoms with E-state index >= 15 is 0 Å². The number of ether oxygens (including phenoxy) is 4. The van der Waals surface area contributed by atoms with Gasteiger partial charge in [-0.15, -0.1) is 0 Å². The Morgan fingerprint density at radius 3 is 2.35 bits per heavy atom. The largest absolute Gasteiger partial charge is 0.493 e. The fourth-order valence-electron chi connectivity index (χ4n) is 1.95. The molecule has 0 aliphatic carbocycles. The summed E-state index contributed by atoms with van der Waals surface area (Å²) in [4.78, 5) is 10.7. The van der Waals surface area contributed by atoms with Gasteiger partial charge in [0.15, 0.2) is 11.5 Å². The Hall–Kier alpha value is -2.53. The van der Waals surface area contributed by atoms with Crippen LogP contribution in [0.1, 0.15) is 10.4 Å². The molecule has 0 spiro atoms. The van der Waals surface area contributed by atoms with Crippen molar-refractivity contribution >= 4 is 6.29 Å². The van der Waals surface area contributed by atoms with Gasteiger partial charge in [0.05, 0.1) is 20.3 Å². The number of aldehydes is 1. The first-order valence-corrected chi connectivity index (χ1v) is 7.35. The molecule has 122 valence electrons. The van der Waals surface area contributed by atoms with E-state index in [1.807, 2.05) is 24.3 Å². The second kappa shape index (κ2) is 9.48. The van der Waals surface area contributed by atoms with E-state index in [1.165, 1.54) is 0 Å². The maximum atomic E-state index is 10.7. The second-order valence-electron chi connectivity index (χ2n) is 4.65. The zero-order valence-corrected chi connectivity index (χ0v) is 13.1. The lowest BCUT2D eigenvalue weighted by molar-refractivity contribution is 0.0757. The third kappa shape index (κ3) is 5.64. The Labute approximate surface area is 135 Å². The molecule has 2 aromatic carbocycles. The fraction of sp³-hybridized carbons (Fsp3) is 0.278. The van der Waals surface area contributed by atoms with E-state index < -0.39 is 0 Å². The minimum Gasteiger partial charge on any atom is -0.493 e. The molecule has 2 rings (SSSR count). The van der Waals surface area contributed by atoms with Crippen LogP contribution in [0.5, 0.6) is 17.2 Å². The van der Waals surface area contributed by atoms with Gasteiger partial charge in [0.1, 0.15) is 25.2 Å². The maximum Gasteiger partial charge on any atom is 0.161 e. The summed E-state index contributed by atoms with van der Waals surface area (Å²) in [6.07, 6.45) is 0.790. The molecule has 23 heavy (non-hydrogen) atoms. The van der Waals surface area contributed by atoms with Crippen molar-refractivity contribution in [1.29, 1.82) is 0 Å². The molecule has 0 atom stereocenters. The Morgan fingerprint density at radius 2 is 1.61 bits per heavy atom. The lowest BCUT2D eigenvalue weighted by Gasteiger charge is -2.11. The smallest absolute Gasteiger partial charge is 0.161 e. The summed E-state index contributed by atoms with van der Waals surface area (Å²) < 4.78 is 21.7. The van der Waals surface area contributed by atoms with Gasteiger partial charge in [-0.05, 0) is 24.3 Å². The van der Waals surface area contributed by atoms with Crippen LogP contribution in [0.3, 0.4) is 0 Å². The topological polar surface area (TPSA) is 54.0 Å². The van der Waals surface area contributed by atoms with Gasteiger partial charge in [0, 0.05) is 5.56 Å². The van der Waals surface area contributed by atoms with Crippen LogP contribution >= 0.6 is 0 Å². The van der Waals surface area contributed by atoms with Crippen molar-refractivity contribution in [3.8, 4) is 17.2 Å². The second-order valence-corrected chi connectivity index (χ2v) is 4.65. The van der Waals surface area contributed by atoms with Crippen LogP contribution in [0, 0.1) is 0 Å². The molecule has 0 aliphatic rings. The SMILES string of the molecule is COc1ccccc1OCCOCCOc1cccc(C=O)c1. The summed E-state index contributed by atoms with van der Waals surface area (Å²) in [7, 11) is 1.61. The van der Waals surface area contributed by atoms with Gasteiger partial charge in [-0.3, -0.25) is 4.79 Å². The van der Waals surface area contributed by atoms with Gasteiger partial charge in [-0.25, -0.2) is 0 Å². The fourth-order valence-corrected chi connectivity index (χ4v) is 1.95. The van der Waals surface area contributed by atoms with Crippen LogP contribution in [-0.4, -0.2) is 39.8 Å². The molecule has 0 bridgehead atoms. The van der Waals surface area contributed by atoms with Gasteiger partial charge in [-0.2, -0.15) is 0 Å². The van der Waals surface area contributed by atoms with Gasteiger partial charge in [-0.1, -0.05) is 24.3 Å². The number of rotatable bonds is 10. The van der Waals surface area contributed by atoms with Crippen LogP contribution < -0.4 is 14.2 Å². The van der Waals surface area contributed by atoms with E-state index in [4.69, 9.17) is 18.9 Å². The van der Waals surface area contributed by atoms with Crippen LogP contribution in [0.2, 0.25) is 0 Å². The van der Waals surface area contributed by atoms with Crippen molar-refractivity contribution in [3.05, 3.63) is 54.1 Å². The summed E-state index contributed by atoms with van der Waals surface area (Å²) in [5, 5.41) is 0. The highest BCUT2D eigenvalue weighted by atomic mass is 16.6. The molecule has 2 aromatic rings. The van der Waals surface area contributed by atoms with Crippen molar-refractivity contribution in [1.82, 2.24) is 0 Å². The molecule has 0 saturated carbocycles. The van der Waals surface area contributed by atoms with Gasteiger partial charge in [0.2, 0.25) is 0 Å². The molecule has 0 unspecified atom stereocenters. The first-order chi connectivity index (χ1) is 11.3. The molecule has 5 heteroatoms. The normalized spacial score (nSPS) is 10.1. The average Bonchev–Trinajstić information content (AvgIpc) is 2.61. The summed E-state index contributed by atoms with van der Waals surface area (Å²) >= 11 is 0. The third-order valence-electron chi connectivity index (χ3n) is 3.04. The van der Waals surface area contributed by atoms with E-state index in [2.05, 4.69) is 0 Å². The Bertz CT molecular complexity index is 612. The van der Waals surface area contributed by atoms with Crippen LogP contribution in [0.15, 0.2) is 48.5 Å². The summed E-state index contributed by atoms with van der Waals surface area (Å²) in [5.74, 6) is 2.05. The van der Waals surface area contributed by atoms with Crippen LogP contribution in [-0.2, 0) is 4.74 Å². The number of benzene rings is 2. The molecule has 0 radical (unpaired) electrons. The van der Waals surface area contributed by atoms with Crippen molar-refractivity contribution in [3.63, 3.8) is 0 Å². The van der Waals surface area contributed by atoms with Crippen molar-refractivity contribution in [2.24, 2.45) is 0 Å². The number of carbonyl (C=O) groups is 1. The number of carbonyl (C=O) groups excluding carboxylic acids is 1. The average molecular weight is 316 g/mol. The molecule has 0 N–H and O–H groups in total. The third-order valence-corrected chi connectivity index (χ3v) is 3.04. The monoisotopic (exact) mass is 316 g/mol. The van der Waals surface area contributed by atoms with E-state index in [9.17, 15) is 4.79 Å². The highest BCUT2D eigenvalue weighted by molar-refractivity contribution is 5.75. The van der Waals surface area contributed by atoms with Crippen molar-refractivity contribution < 1.29 is 23.7 Å². The van der Waals surface area contributed by atoms with Gasteiger partial charge < -0.3 is 18.9 Å². The Kier molecular flexibility index (Phi) is 6.94. The van der Waals surface area contributed by atoms with E-state index in [0.717, 1.165) is 6.29 Å². The molecule has 0 amide bonds. The van der Waals surface area contributed by atoms with Gasteiger partial charge in [0.25, 0.3) is 0 Å². The van der Waals surface area contributed by atoms with E-state index in [-0.39, 0.29) is 0 Å². The van der Waals surface area contributed by atoms with Crippen molar-refractivity contribution in [2.45, 2.75) is 0 Å². The molecule has 0 fully saturated rings. The predicted molar refractivity (Wildman–Crippen MR) is 86.6 cm³/mol. The van der Waals surface area contributed by atoms with Crippen LogP contribution in [0.25, 0.3) is 0 Å². The zero-order chi connectivity index (χ0) is 16.3. The minimum absolute atomic E-state index is 0.414. The van der Waals surface area contributed by atoms with Crippen molar-refractivity contribution in [2.75, 3.05) is 33.5 Å². The Morgan fingerprint density at radius 1 is 0.870 bits per heavy atom. The highest BCUT2D eigenvalue weighted by Crippen LogP contribution is 2.25. The summed E-state index contributed by atoms with van der Waals surface area (Å²) in [6, 6.07) is 14.5. The lowest BCUT2D eigenvalue weighted by atomic mass is 10.2. The summed E-state index contributed by atoms with van der Waals surface area (Å²) in [5.41, 5.74) is 0.591. The molecular weight excluding hydrogens is 296 g/mol.